The van der Waals surface area contributed by atoms with Gasteiger partial charge in [-0.25, -0.2) is 5.01 Å². The van der Waals surface area contributed by atoms with Crippen molar-refractivity contribution in [1.82, 2.24) is 5.32 Å². The molecule has 0 aromatic heterocycles. The molecule has 0 radical (unpaired) electrons. The van der Waals surface area contributed by atoms with Crippen LogP contribution in [0.15, 0.2) is 35.4 Å². The van der Waals surface area contributed by atoms with Crippen molar-refractivity contribution in [3.63, 3.8) is 0 Å². The van der Waals surface area contributed by atoms with Crippen LogP contribution in [0, 0.1) is 5.92 Å². The highest BCUT2D eigenvalue weighted by Crippen LogP contribution is 2.24. The third-order valence-electron chi connectivity index (χ3n) is 4.72. The number of benzene rings is 1. The van der Waals surface area contributed by atoms with Crippen LogP contribution in [0.1, 0.15) is 45.4 Å². The number of carbonyl (C=O) groups is 2. The predicted octanol–water partition coefficient (Wildman–Crippen LogP) is 2.86. The van der Waals surface area contributed by atoms with E-state index in [1.807, 2.05) is 30.3 Å². The molecule has 1 aliphatic heterocycles. The fraction of sp³-hybridized carbons (Fsp3) is 0.500. The average molecular weight is 313 g/mol. The summed E-state index contributed by atoms with van der Waals surface area (Å²) in [6, 6.07) is 9.48. The molecule has 0 bridgehead atoms. The van der Waals surface area contributed by atoms with Gasteiger partial charge >= 0.3 is 0 Å². The van der Waals surface area contributed by atoms with E-state index in [0.29, 0.717) is 30.2 Å². The molecule has 0 unspecified atom stereocenters. The van der Waals surface area contributed by atoms with E-state index in [9.17, 15) is 9.59 Å². The highest BCUT2D eigenvalue weighted by molar-refractivity contribution is 6.40. The molecule has 5 nitrogen and oxygen atoms in total. The Kier molecular flexibility index (Phi) is 4.74. The van der Waals surface area contributed by atoms with Crippen LogP contribution in [-0.4, -0.2) is 23.6 Å². The molecule has 3 rings (SSSR count). The maximum atomic E-state index is 12.5. The Balaban J connectivity index is 1.73. The van der Waals surface area contributed by atoms with Crippen molar-refractivity contribution >= 4 is 23.2 Å². The van der Waals surface area contributed by atoms with Gasteiger partial charge in [0.15, 0.2) is 0 Å². The van der Waals surface area contributed by atoms with Crippen LogP contribution in [-0.2, 0) is 9.59 Å². The van der Waals surface area contributed by atoms with Crippen molar-refractivity contribution in [3.8, 4) is 0 Å². The van der Waals surface area contributed by atoms with Gasteiger partial charge in [-0.3, -0.25) is 9.59 Å². The van der Waals surface area contributed by atoms with E-state index in [1.165, 1.54) is 11.4 Å². The van der Waals surface area contributed by atoms with Gasteiger partial charge in [-0.15, -0.1) is 0 Å². The Hall–Kier alpha value is -2.17. The van der Waals surface area contributed by atoms with Gasteiger partial charge in [0.1, 0.15) is 5.71 Å². The van der Waals surface area contributed by atoms with Gasteiger partial charge in [-0.1, -0.05) is 38.0 Å². The zero-order valence-electron chi connectivity index (χ0n) is 13.5. The van der Waals surface area contributed by atoms with E-state index in [0.717, 1.165) is 19.3 Å². The second-order valence-electron chi connectivity index (χ2n) is 6.43. The molecule has 1 fully saturated rings. The number of nitrogens with one attached hydrogen (secondary N) is 1. The third-order valence-corrected chi connectivity index (χ3v) is 4.72. The molecule has 2 aliphatic rings. The smallest absolute Gasteiger partial charge is 0.267 e. The van der Waals surface area contributed by atoms with E-state index in [-0.39, 0.29) is 17.9 Å². The summed E-state index contributed by atoms with van der Waals surface area (Å²) in [5, 5.41) is 8.78. The summed E-state index contributed by atoms with van der Waals surface area (Å²) in [5.74, 6) is 0.305. The molecule has 1 N–H and O–H groups in total. The number of hydrogen-bond acceptors (Lipinski definition) is 3. The lowest BCUT2D eigenvalue weighted by Crippen LogP contribution is -2.46. The molecule has 2 atom stereocenters. The molecule has 1 saturated carbocycles. The number of hydrazone groups is 1. The third kappa shape index (κ3) is 3.60. The van der Waals surface area contributed by atoms with Crippen LogP contribution < -0.4 is 10.3 Å². The first kappa shape index (κ1) is 15.7. The number of rotatable bonds is 3. The summed E-state index contributed by atoms with van der Waals surface area (Å²) in [7, 11) is 0. The van der Waals surface area contributed by atoms with Crippen LogP contribution in [0.5, 0.6) is 0 Å². The molecule has 1 aromatic carbocycles. The molecular formula is C18H23N3O2. The van der Waals surface area contributed by atoms with Crippen LogP contribution >= 0.6 is 0 Å². The van der Waals surface area contributed by atoms with Gasteiger partial charge in [0, 0.05) is 18.9 Å². The molecular weight excluding hydrogens is 290 g/mol. The fourth-order valence-corrected chi connectivity index (χ4v) is 3.27. The predicted molar refractivity (Wildman–Crippen MR) is 90.2 cm³/mol. The first-order valence-corrected chi connectivity index (χ1v) is 8.41. The summed E-state index contributed by atoms with van der Waals surface area (Å²) in [6.45, 7) is 2.19. The van der Waals surface area contributed by atoms with Crippen molar-refractivity contribution in [3.05, 3.63) is 30.3 Å². The lowest BCUT2D eigenvalue weighted by atomic mass is 9.86. The minimum absolute atomic E-state index is 0.0706. The molecule has 0 saturated heterocycles. The van der Waals surface area contributed by atoms with Gasteiger partial charge in [0.2, 0.25) is 5.91 Å². The first-order chi connectivity index (χ1) is 11.1. The second-order valence-corrected chi connectivity index (χ2v) is 6.43. The van der Waals surface area contributed by atoms with Crippen molar-refractivity contribution in [2.45, 2.75) is 51.5 Å². The monoisotopic (exact) mass is 313 g/mol. The molecule has 23 heavy (non-hydrogen) atoms. The standard InChI is InChI=1S/C18H23N3O2/c1-13-7-5-6-10-15(13)19-18(23)16-11-12-17(22)21(20-16)14-8-3-2-4-9-14/h2-4,8-9,13,15H,5-7,10-12H2,1H3,(H,19,23)/t13-,15+/m1/s1. The SMILES string of the molecule is C[C@@H]1CCCC[C@@H]1NC(=O)C1=NN(c2ccccc2)C(=O)CC1. The van der Waals surface area contributed by atoms with Crippen LogP contribution in [0.25, 0.3) is 0 Å². The summed E-state index contributed by atoms with van der Waals surface area (Å²) < 4.78 is 0. The topological polar surface area (TPSA) is 61.8 Å². The van der Waals surface area contributed by atoms with Crippen molar-refractivity contribution in [1.29, 1.82) is 0 Å². The van der Waals surface area contributed by atoms with Gasteiger partial charge in [0.05, 0.1) is 5.69 Å². The Morgan fingerprint density at radius 2 is 1.91 bits per heavy atom. The molecule has 1 aromatic rings. The largest absolute Gasteiger partial charge is 0.348 e. The maximum absolute atomic E-state index is 12.5. The van der Waals surface area contributed by atoms with E-state index >= 15 is 0 Å². The number of amides is 2. The Labute approximate surface area is 136 Å². The Bertz CT molecular complexity index is 612. The van der Waals surface area contributed by atoms with E-state index in [1.54, 1.807) is 0 Å². The van der Waals surface area contributed by atoms with E-state index in [2.05, 4.69) is 17.3 Å². The molecule has 5 heteroatoms. The minimum Gasteiger partial charge on any atom is -0.348 e. The molecule has 122 valence electrons. The van der Waals surface area contributed by atoms with Crippen LogP contribution in [0.4, 0.5) is 5.69 Å². The second kappa shape index (κ2) is 6.94. The number of nitrogens with zero attached hydrogens (tertiary/aromatic N) is 2. The van der Waals surface area contributed by atoms with Crippen molar-refractivity contribution in [2.75, 3.05) is 5.01 Å². The highest BCUT2D eigenvalue weighted by Gasteiger charge is 2.28. The van der Waals surface area contributed by atoms with E-state index < -0.39 is 0 Å². The van der Waals surface area contributed by atoms with E-state index in [4.69, 9.17) is 0 Å². The summed E-state index contributed by atoms with van der Waals surface area (Å²) in [5.41, 5.74) is 1.15. The van der Waals surface area contributed by atoms with Gasteiger partial charge in [-0.2, -0.15) is 5.10 Å². The van der Waals surface area contributed by atoms with Crippen LogP contribution in [0.2, 0.25) is 0 Å². The lowest BCUT2D eigenvalue weighted by Gasteiger charge is -2.30. The Morgan fingerprint density at radius 1 is 1.17 bits per heavy atom. The van der Waals surface area contributed by atoms with Crippen molar-refractivity contribution < 1.29 is 9.59 Å². The minimum atomic E-state index is -0.128. The van der Waals surface area contributed by atoms with Gasteiger partial charge in [0.25, 0.3) is 5.91 Å². The molecule has 0 spiro atoms. The number of hydrogen-bond donors (Lipinski definition) is 1. The molecule has 1 heterocycles. The average Bonchev–Trinajstić information content (AvgIpc) is 2.58. The van der Waals surface area contributed by atoms with Gasteiger partial charge < -0.3 is 5.32 Å². The Morgan fingerprint density at radius 3 is 2.65 bits per heavy atom. The molecule has 2 amide bonds. The fourth-order valence-electron chi connectivity index (χ4n) is 3.27. The normalized spacial score (nSPS) is 25.0. The zero-order chi connectivity index (χ0) is 16.2. The quantitative estimate of drug-likeness (QED) is 0.932. The number of anilines is 1. The van der Waals surface area contributed by atoms with Crippen molar-refractivity contribution in [2.24, 2.45) is 11.0 Å². The summed E-state index contributed by atoms with van der Waals surface area (Å²) in [4.78, 5) is 24.6. The first-order valence-electron chi connectivity index (χ1n) is 8.41. The lowest BCUT2D eigenvalue weighted by molar-refractivity contribution is -0.119. The summed E-state index contributed by atoms with van der Waals surface area (Å²) in [6.07, 6.45) is 5.32. The number of para-hydroxylation sites is 1. The zero-order valence-corrected chi connectivity index (χ0v) is 13.5. The summed E-state index contributed by atoms with van der Waals surface area (Å²) >= 11 is 0. The number of carbonyl (C=O) groups excluding carboxylic acids is 2. The molecule has 1 aliphatic carbocycles. The van der Waals surface area contributed by atoms with Gasteiger partial charge in [-0.05, 0) is 30.9 Å². The van der Waals surface area contributed by atoms with Crippen LogP contribution in [0.3, 0.4) is 0 Å². The highest BCUT2D eigenvalue weighted by atomic mass is 16.2. The maximum Gasteiger partial charge on any atom is 0.267 e.